The van der Waals surface area contributed by atoms with Crippen molar-refractivity contribution in [3.05, 3.63) is 89.3 Å². The quantitative estimate of drug-likeness (QED) is 0.470. The van der Waals surface area contributed by atoms with Gasteiger partial charge in [0.1, 0.15) is 5.82 Å². The minimum Gasteiger partial charge on any atom is -0.346 e. The molecule has 2 aromatic heterocycles. The van der Waals surface area contributed by atoms with Gasteiger partial charge in [-0.1, -0.05) is 36.4 Å². The lowest BCUT2D eigenvalue weighted by Crippen LogP contribution is -2.46. The van der Waals surface area contributed by atoms with Crippen LogP contribution in [0.4, 0.5) is 4.39 Å². The monoisotopic (exact) mass is 475 g/mol. The number of carbonyl (C=O) groups excluding carboxylic acids is 2. The summed E-state index contributed by atoms with van der Waals surface area (Å²) in [6.45, 7) is 0.870. The molecular weight excluding hydrogens is 453 g/mol. The van der Waals surface area contributed by atoms with E-state index in [2.05, 4.69) is 15.4 Å². The number of thiophene rings is 1. The maximum Gasteiger partial charge on any atom is 0.291 e. The Labute approximate surface area is 199 Å². The largest absolute Gasteiger partial charge is 0.346 e. The van der Waals surface area contributed by atoms with Crippen molar-refractivity contribution in [3.8, 4) is 16.4 Å². The molecule has 4 aromatic rings. The topological polar surface area (TPSA) is 80.1 Å². The molecule has 1 aliphatic rings. The molecule has 0 spiro atoms. The van der Waals surface area contributed by atoms with Crippen LogP contribution in [0.15, 0.2) is 72.1 Å². The Balaban J connectivity index is 1.27. The van der Waals surface area contributed by atoms with Crippen molar-refractivity contribution < 1.29 is 14.0 Å². The number of nitrogens with zero attached hydrogens (tertiary/aromatic N) is 4. The van der Waals surface area contributed by atoms with E-state index in [1.54, 1.807) is 21.7 Å². The molecule has 0 unspecified atom stereocenters. The predicted molar refractivity (Wildman–Crippen MR) is 127 cm³/mol. The maximum atomic E-state index is 14.0. The molecule has 7 nitrogen and oxygen atoms in total. The Morgan fingerprint density at radius 3 is 2.41 bits per heavy atom. The average molecular weight is 476 g/mol. The lowest BCUT2D eigenvalue weighted by atomic mass is 10.0. The number of para-hydroxylation sites is 1. The molecule has 1 fully saturated rings. The minimum absolute atomic E-state index is 0.0711. The first kappa shape index (κ1) is 22.0. The summed E-state index contributed by atoms with van der Waals surface area (Å²) < 4.78 is 15.6. The van der Waals surface area contributed by atoms with Gasteiger partial charge in [-0.05, 0) is 48.6 Å². The van der Waals surface area contributed by atoms with Crippen molar-refractivity contribution in [1.29, 1.82) is 0 Å². The molecule has 9 heteroatoms. The zero-order valence-electron chi connectivity index (χ0n) is 18.2. The Kier molecular flexibility index (Phi) is 6.18. The van der Waals surface area contributed by atoms with Crippen molar-refractivity contribution in [2.24, 2.45) is 0 Å². The van der Waals surface area contributed by atoms with E-state index in [1.807, 2.05) is 47.8 Å². The lowest BCUT2D eigenvalue weighted by molar-refractivity contribution is 0.0693. The van der Waals surface area contributed by atoms with Gasteiger partial charge in [0.05, 0.1) is 16.1 Å². The summed E-state index contributed by atoms with van der Waals surface area (Å²) in [6.07, 6.45) is 1.15. The number of halogens is 1. The highest BCUT2D eigenvalue weighted by atomic mass is 32.1. The zero-order chi connectivity index (χ0) is 23.5. The molecular formula is C25H22FN5O2S. The molecule has 0 aliphatic carbocycles. The molecule has 0 saturated carbocycles. The second-order valence-corrected chi connectivity index (χ2v) is 8.95. The van der Waals surface area contributed by atoms with E-state index in [9.17, 15) is 14.0 Å². The number of nitrogens with one attached hydrogen (secondary N) is 1. The number of piperidine rings is 1. The molecule has 1 saturated heterocycles. The van der Waals surface area contributed by atoms with Gasteiger partial charge in [-0.2, -0.15) is 0 Å². The Hall–Kier alpha value is -3.85. The van der Waals surface area contributed by atoms with E-state index < -0.39 is 5.82 Å². The lowest BCUT2D eigenvalue weighted by Gasteiger charge is -2.32. The molecule has 0 radical (unpaired) electrons. The number of carbonyl (C=O) groups is 2. The third-order valence-corrected chi connectivity index (χ3v) is 6.64. The second kappa shape index (κ2) is 9.56. The van der Waals surface area contributed by atoms with Gasteiger partial charge in [0.2, 0.25) is 5.82 Å². The SMILES string of the molecule is O=C(NC1CCN(C(=O)c2ccccc2F)CC1)c1nc(-c2cccs2)n(-c2ccccc2)n1. The van der Waals surface area contributed by atoms with Gasteiger partial charge < -0.3 is 10.2 Å². The highest BCUT2D eigenvalue weighted by molar-refractivity contribution is 7.13. The molecule has 2 aromatic carbocycles. The van der Waals surface area contributed by atoms with Crippen LogP contribution in [0.5, 0.6) is 0 Å². The number of hydrogen-bond donors (Lipinski definition) is 1. The Morgan fingerprint density at radius 1 is 0.971 bits per heavy atom. The van der Waals surface area contributed by atoms with Crippen LogP contribution in [0.3, 0.4) is 0 Å². The summed E-state index contributed by atoms with van der Waals surface area (Å²) in [4.78, 5) is 32.7. The van der Waals surface area contributed by atoms with E-state index in [4.69, 9.17) is 0 Å². The number of hydrogen-bond acceptors (Lipinski definition) is 5. The van der Waals surface area contributed by atoms with Gasteiger partial charge in [-0.15, -0.1) is 16.4 Å². The van der Waals surface area contributed by atoms with Crippen LogP contribution in [0.1, 0.15) is 33.8 Å². The first-order chi connectivity index (χ1) is 16.6. The van der Waals surface area contributed by atoms with Crippen molar-refractivity contribution >= 4 is 23.2 Å². The standard InChI is InChI=1S/C25H22FN5O2S/c26-20-10-5-4-9-19(20)25(33)30-14-12-17(13-15-30)27-24(32)22-28-23(21-11-6-16-34-21)31(29-22)18-7-2-1-3-8-18/h1-11,16-17H,12-15H2,(H,27,32). The summed E-state index contributed by atoms with van der Waals surface area (Å²) in [6, 6.07) is 19.3. The highest BCUT2D eigenvalue weighted by Gasteiger charge is 2.27. The van der Waals surface area contributed by atoms with Crippen LogP contribution < -0.4 is 5.32 Å². The van der Waals surface area contributed by atoms with Crippen LogP contribution >= 0.6 is 11.3 Å². The summed E-state index contributed by atoms with van der Waals surface area (Å²) in [5.74, 6) is -0.503. The van der Waals surface area contributed by atoms with Gasteiger partial charge in [-0.25, -0.2) is 14.1 Å². The zero-order valence-corrected chi connectivity index (χ0v) is 19.0. The fourth-order valence-corrected chi connectivity index (χ4v) is 4.70. The number of amides is 2. The van der Waals surface area contributed by atoms with Crippen LogP contribution in [-0.4, -0.2) is 50.6 Å². The summed E-state index contributed by atoms with van der Waals surface area (Å²) >= 11 is 1.53. The molecule has 34 heavy (non-hydrogen) atoms. The first-order valence-electron chi connectivity index (χ1n) is 11.0. The number of rotatable bonds is 5. The number of benzene rings is 2. The average Bonchev–Trinajstić information content (AvgIpc) is 3.55. The maximum absolute atomic E-state index is 14.0. The predicted octanol–water partition coefficient (Wildman–Crippen LogP) is 4.17. The fraction of sp³-hybridized carbons (Fsp3) is 0.200. The van der Waals surface area contributed by atoms with E-state index >= 15 is 0 Å². The van der Waals surface area contributed by atoms with Crippen molar-refractivity contribution in [3.63, 3.8) is 0 Å². The van der Waals surface area contributed by atoms with E-state index in [1.165, 1.54) is 23.5 Å². The number of likely N-dealkylation sites (tertiary alicyclic amines) is 1. The van der Waals surface area contributed by atoms with Crippen molar-refractivity contribution in [2.75, 3.05) is 13.1 Å². The molecule has 5 rings (SSSR count). The van der Waals surface area contributed by atoms with Gasteiger partial charge >= 0.3 is 0 Å². The van der Waals surface area contributed by atoms with Gasteiger partial charge in [0.15, 0.2) is 5.82 Å². The molecule has 1 aliphatic heterocycles. The summed E-state index contributed by atoms with van der Waals surface area (Å²) in [7, 11) is 0. The minimum atomic E-state index is -0.524. The van der Waals surface area contributed by atoms with Crippen molar-refractivity contribution in [2.45, 2.75) is 18.9 Å². The second-order valence-electron chi connectivity index (χ2n) is 8.00. The van der Waals surface area contributed by atoms with Crippen LogP contribution in [0.25, 0.3) is 16.4 Å². The molecule has 0 atom stereocenters. The molecule has 3 heterocycles. The van der Waals surface area contributed by atoms with Gasteiger partial charge in [0.25, 0.3) is 11.8 Å². The van der Waals surface area contributed by atoms with Crippen LogP contribution in [0.2, 0.25) is 0 Å². The Morgan fingerprint density at radius 2 is 1.71 bits per heavy atom. The third kappa shape index (κ3) is 4.47. The van der Waals surface area contributed by atoms with Gasteiger partial charge in [0, 0.05) is 19.1 Å². The first-order valence-corrected chi connectivity index (χ1v) is 11.9. The molecule has 2 amide bonds. The molecule has 1 N–H and O–H groups in total. The smallest absolute Gasteiger partial charge is 0.291 e. The molecule has 172 valence electrons. The van der Waals surface area contributed by atoms with Crippen molar-refractivity contribution in [1.82, 2.24) is 25.0 Å². The Bertz CT molecular complexity index is 1300. The molecule has 0 bridgehead atoms. The van der Waals surface area contributed by atoms with E-state index in [0.29, 0.717) is 31.8 Å². The fourth-order valence-electron chi connectivity index (χ4n) is 4.00. The number of aromatic nitrogens is 3. The highest BCUT2D eigenvalue weighted by Crippen LogP contribution is 2.25. The van der Waals surface area contributed by atoms with E-state index in [-0.39, 0.29) is 29.2 Å². The third-order valence-electron chi connectivity index (χ3n) is 5.77. The van der Waals surface area contributed by atoms with Crippen LogP contribution in [-0.2, 0) is 0 Å². The normalized spacial score (nSPS) is 14.2. The van der Waals surface area contributed by atoms with Gasteiger partial charge in [-0.3, -0.25) is 9.59 Å². The summed E-state index contributed by atoms with van der Waals surface area (Å²) in [5, 5.41) is 9.44. The summed E-state index contributed by atoms with van der Waals surface area (Å²) in [5.41, 5.74) is 0.888. The van der Waals surface area contributed by atoms with Crippen LogP contribution in [0, 0.1) is 5.82 Å². The van der Waals surface area contributed by atoms with E-state index in [0.717, 1.165) is 10.6 Å².